The van der Waals surface area contributed by atoms with Crippen molar-refractivity contribution in [2.45, 2.75) is 25.3 Å². The smallest absolute Gasteiger partial charge is 0.0345 e. The van der Waals surface area contributed by atoms with E-state index in [9.17, 15) is 0 Å². The second-order valence-electron chi connectivity index (χ2n) is 3.56. The van der Waals surface area contributed by atoms with Crippen LogP contribution in [0.3, 0.4) is 0 Å². The van der Waals surface area contributed by atoms with E-state index in [4.69, 9.17) is 0 Å². The van der Waals surface area contributed by atoms with Crippen molar-refractivity contribution in [3.63, 3.8) is 0 Å². The Kier molecular flexibility index (Phi) is 3.97. The summed E-state index contributed by atoms with van der Waals surface area (Å²) in [5.41, 5.74) is 1.27. The normalized spacial score (nSPS) is 20.5. The van der Waals surface area contributed by atoms with Gasteiger partial charge in [0.25, 0.3) is 0 Å². The van der Waals surface area contributed by atoms with Crippen LogP contribution in [0.2, 0.25) is 0 Å². The van der Waals surface area contributed by atoms with Gasteiger partial charge in [0, 0.05) is 6.04 Å². The molecule has 0 radical (unpaired) electrons. The first-order valence-electron chi connectivity index (χ1n) is 4.95. The highest BCUT2D eigenvalue weighted by molar-refractivity contribution is 5.28. The van der Waals surface area contributed by atoms with Crippen molar-refractivity contribution >= 4 is 0 Å². The molecule has 0 heterocycles. The van der Waals surface area contributed by atoms with Crippen molar-refractivity contribution in [2.75, 3.05) is 7.05 Å². The van der Waals surface area contributed by atoms with Crippen molar-refractivity contribution in [3.05, 3.63) is 37.0 Å². The van der Waals surface area contributed by atoms with Crippen molar-refractivity contribution < 1.29 is 0 Å². The standard InChI is InChI=1S/C12H19N/c1-4-7-10(5-2)12(13-3)11-8-6-9-11/h4-5,7,11-13H,1-2,6,8-9H2,3H3/b10-7+. The number of likely N-dealkylation sites (N-methyl/N-ethyl adjacent to an activating group) is 1. The minimum Gasteiger partial charge on any atom is -0.313 e. The van der Waals surface area contributed by atoms with Gasteiger partial charge in [-0.1, -0.05) is 37.8 Å². The lowest BCUT2D eigenvalue weighted by molar-refractivity contribution is 0.262. The van der Waals surface area contributed by atoms with Crippen molar-refractivity contribution in [1.29, 1.82) is 0 Å². The second kappa shape index (κ2) is 5.03. The van der Waals surface area contributed by atoms with Crippen molar-refractivity contribution in [3.8, 4) is 0 Å². The fraction of sp³-hybridized carbons (Fsp3) is 0.500. The van der Waals surface area contributed by atoms with Crippen molar-refractivity contribution in [1.82, 2.24) is 5.32 Å². The number of hydrogen-bond acceptors (Lipinski definition) is 1. The number of hydrogen-bond donors (Lipinski definition) is 1. The Hall–Kier alpha value is -0.820. The molecule has 72 valence electrons. The monoisotopic (exact) mass is 177 g/mol. The Balaban J connectivity index is 2.66. The summed E-state index contributed by atoms with van der Waals surface area (Å²) in [6, 6.07) is 0.476. The lowest BCUT2D eigenvalue weighted by Gasteiger charge is -2.34. The highest BCUT2D eigenvalue weighted by Crippen LogP contribution is 2.32. The molecule has 0 spiro atoms. The van der Waals surface area contributed by atoms with Crippen LogP contribution in [0.25, 0.3) is 0 Å². The fourth-order valence-electron chi connectivity index (χ4n) is 1.88. The second-order valence-corrected chi connectivity index (χ2v) is 3.56. The van der Waals surface area contributed by atoms with Crippen LogP contribution in [0.1, 0.15) is 19.3 Å². The summed E-state index contributed by atoms with van der Waals surface area (Å²) in [5, 5.41) is 3.35. The molecule has 0 aromatic rings. The van der Waals surface area contributed by atoms with Gasteiger partial charge < -0.3 is 5.32 Å². The lowest BCUT2D eigenvalue weighted by Crippen LogP contribution is -2.38. The van der Waals surface area contributed by atoms with E-state index in [1.807, 2.05) is 25.3 Å². The Morgan fingerprint density at radius 2 is 2.15 bits per heavy atom. The average Bonchev–Trinajstić information content (AvgIpc) is 2.07. The van der Waals surface area contributed by atoms with E-state index in [-0.39, 0.29) is 0 Å². The third-order valence-corrected chi connectivity index (χ3v) is 2.84. The minimum absolute atomic E-state index is 0.476. The van der Waals surface area contributed by atoms with Gasteiger partial charge in [-0.25, -0.2) is 0 Å². The van der Waals surface area contributed by atoms with Crippen LogP contribution >= 0.6 is 0 Å². The molecule has 1 N–H and O–H groups in total. The van der Waals surface area contributed by atoms with Gasteiger partial charge in [-0.15, -0.1) is 0 Å². The van der Waals surface area contributed by atoms with Gasteiger partial charge in [-0.05, 0) is 31.4 Å². The van der Waals surface area contributed by atoms with Gasteiger partial charge in [-0.2, -0.15) is 0 Å². The molecule has 0 aromatic carbocycles. The van der Waals surface area contributed by atoms with E-state index in [0.29, 0.717) is 6.04 Å². The van der Waals surface area contributed by atoms with Crippen LogP contribution < -0.4 is 5.32 Å². The molecule has 1 aliphatic rings. The van der Waals surface area contributed by atoms with E-state index in [1.165, 1.54) is 24.8 Å². The Morgan fingerprint density at radius 3 is 2.46 bits per heavy atom. The molecule has 1 rings (SSSR count). The highest BCUT2D eigenvalue weighted by Gasteiger charge is 2.27. The molecular formula is C12H19N. The summed E-state index contributed by atoms with van der Waals surface area (Å²) in [5.74, 6) is 0.800. The van der Waals surface area contributed by atoms with Crippen LogP contribution in [0.4, 0.5) is 0 Å². The van der Waals surface area contributed by atoms with Crippen LogP contribution in [0.5, 0.6) is 0 Å². The van der Waals surface area contributed by atoms with Crippen LogP contribution in [0.15, 0.2) is 37.0 Å². The van der Waals surface area contributed by atoms with Gasteiger partial charge in [0.05, 0.1) is 0 Å². The van der Waals surface area contributed by atoms with E-state index >= 15 is 0 Å². The van der Waals surface area contributed by atoms with E-state index < -0.39 is 0 Å². The minimum atomic E-state index is 0.476. The maximum absolute atomic E-state index is 3.83. The average molecular weight is 177 g/mol. The molecule has 1 aliphatic carbocycles. The summed E-state index contributed by atoms with van der Waals surface area (Å²) < 4.78 is 0. The van der Waals surface area contributed by atoms with Gasteiger partial charge >= 0.3 is 0 Å². The molecule has 1 atom stereocenters. The van der Waals surface area contributed by atoms with E-state index in [2.05, 4.69) is 18.5 Å². The lowest BCUT2D eigenvalue weighted by atomic mass is 9.77. The van der Waals surface area contributed by atoms with Crippen molar-refractivity contribution in [2.24, 2.45) is 5.92 Å². The Bertz CT molecular complexity index is 211. The summed E-state index contributed by atoms with van der Waals surface area (Å²) in [6.45, 7) is 7.55. The summed E-state index contributed by atoms with van der Waals surface area (Å²) >= 11 is 0. The Labute approximate surface area is 81.2 Å². The third-order valence-electron chi connectivity index (χ3n) is 2.84. The number of rotatable bonds is 5. The molecular weight excluding hydrogens is 158 g/mol. The van der Waals surface area contributed by atoms with Crippen LogP contribution in [0, 0.1) is 5.92 Å². The highest BCUT2D eigenvalue weighted by atomic mass is 14.9. The SMILES string of the molecule is C=C/C=C(\C=C)C(NC)C1CCC1. The van der Waals surface area contributed by atoms with E-state index in [1.54, 1.807) is 0 Å². The van der Waals surface area contributed by atoms with Gasteiger partial charge in [0.2, 0.25) is 0 Å². The van der Waals surface area contributed by atoms with Gasteiger partial charge in [-0.3, -0.25) is 0 Å². The third kappa shape index (κ3) is 2.31. The quantitative estimate of drug-likeness (QED) is 0.637. The molecule has 1 unspecified atom stereocenters. The van der Waals surface area contributed by atoms with Crippen LogP contribution in [-0.2, 0) is 0 Å². The zero-order chi connectivity index (χ0) is 9.68. The Morgan fingerprint density at radius 1 is 1.46 bits per heavy atom. The molecule has 0 saturated heterocycles. The largest absolute Gasteiger partial charge is 0.313 e. The molecule has 1 fully saturated rings. The molecule has 13 heavy (non-hydrogen) atoms. The van der Waals surface area contributed by atoms with Gasteiger partial charge in [0.1, 0.15) is 0 Å². The first kappa shape index (κ1) is 10.3. The summed E-state index contributed by atoms with van der Waals surface area (Å²) in [4.78, 5) is 0. The maximum Gasteiger partial charge on any atom is 0.0345 e. The first-order valence-corrected chi connectivity index (χ1v) is 4.95. The molecule has 1 heteroatoms. The molecule has 0 amide bonds. The molecule has 0 bridgehead atoms. The summed E-state index contributed by atoms with van der Waals surface area (Å²) in [7, 11) is 2.02. The predicted molar refractivity (Wildman–Crippen MR) is 58.7 cm³/mol. The fourth-order valence-corrected chi connectivity index (χ4v) is 1.88. The zero-order valence-corrected chi connectivity index (χ0v) is 8.42. The zero-order valence-electron chi connectivity index (χ0n) is 8.42. The van der Waals surface area contributed by atoms with E-state index in [0.717, 1.165) is 5.92 Å². The first-order chi connectivity index (χ1) is 6.33. The molecule has 1 saturated carbocycles. The number of nitrogens with one attached hydrogen (secondary N) is 1. The maximum atomic E-state index is 3.83. The van der Waals surface area contributed by atoms with Gasteiger partial charge in [0.15, 0.2) is 0 Å². The predicted octanol–water partition coefficient (Wildman–Crippen LogP) is 2.67. The molecule has 1 nitrogen and oxygen atoms in total. The molecule has 0 aromatic heterocycles. The van der Waals surface area contributed by atoms with Crippen LogP contribution in [-0.4, -0.2) is 13.1 Å². The summed E-state index contributed by atoms with van der Waals surface area (Å²) in [6.07, 6.45) is 9.87. The molecule has 0 aliphatic heterocycles. The topological polar surface area (TPSA) is 12.0 Å². The number of allylic oxidation sites excluding steroid dienone is 2.